The highest BCUT2D eigenvalue weighted by Gasteiger charge is 2.41. The van der Waals surface area contributed by atoms with Crippen molar-refractivity contribution in [3.8, 4) is 5.75 Å². The van der Waals surface area contributed by atoms with Crippen molar-refractivity contribution in [3.63, 3.8) is 0 Å². The Morgan fingerprint density at radius 1 is 1.04 bits per heavy atom. The molecule has 1 unspecified atom stereocenters. The predicted molar refractivity (Wildman–Crippen MR) is 101 cm³/mol. The summed E-state index contributed by atoms with van der Waals surface area (Å²) in [5, 5.41) is 22.7. The second-order valence-corrected chi connectivity index (χ2v) is 8.32. The van der Waals surface area contributed by atoms with Crippen molar-refractivity contribution in [3.05, 3.63) is 54.6 Å². The van der Waals surface area contributed by atoms with Crippen LogP contribution in [0.5, 0.6) is 5.75 Å². The Labute approximate surface area is 158 Å². The largest absolute Gasteiger partial charge is 0.508 e. The molecule has 0 aliphatic carbocycles. The van der Waals surface area contributed by atoms with Crippen molar-refractivity contribution in [2.24, 2.45) is 5.92 Å². The summed E-state index contributed by atoms with van der Waals surface area (Å²) in [5.74, 6) is -1.53. The van der Waals surface area contributed by atoms with Gasteiger partial charge in [0.1, 0.15) is 11.8 Å². The van der Waals surface area contributed by atoms with Crippen LogP contribution in [0.4, 0.5) is 5.69 Å². The van der Waals surface area contributed by atoms with Crippen LogP contribution in [0, 0.1) is 5.92 Å². The van der Waals surface area contributed by atoms with Gasteiger partial charge in [-0.15, -0.1) is 0 Å². The maximum Gasteiger partial charge on any atom is 0.327 e. The third-order valence-electron chi connectivity index (χ3n) is 4.74. The van der Waals surface area contributed by atoms with E-state index in [1.165, 1.54) is 36.4 Å². The number of phenols is 1. The molecule has 1 saturated heterocycles. The molecule has 1 aliphatic rings. The van der Waals surface area contributed by atoms with Gasteiger partial charge in [0, 0.05) is 0 Å². The van der Waals surface area contributed by atoms with Crippen LogP contribution < -0.4 is 9.62 Å². The number of anilines is 1. The Balaban J connectivity index is 2.14. The molecule has 0 aromatic heterocycles. The van der Waals surface area contributed by atoms with E-state index in [9.17, 15) is 23.4 Å². The average molecular weight is 390 g/mol. The lowest BCUT2D eigenvalue weighted by Crippen LogP contribution is -2.51. The third-order valence-corrected chi connectivity index (χ3v) is 6.56. The number of piperidine rings is 1. The molecule has 3 rings (SSSR count). The number of nitrogens with one attached hydrogen (secondary N) is 1. The molecule has 1 fully saturated rings. The number of rotatable bonds is 6. The van der Waals surface area contributed by atoms with E-state index in [4.69, 9.17) is 0 Å². The predicted octanol–water partition coefficient (Wildman–Crippen LogP) is 2.04. The van der Waals surface area contributed by atoms with Gasteiger partial charge in [-0.05, 0) is 68.2 Å². The number of carboxylic acids is 1. The Morgan fingerprint density at radius 3 is 2.19 bits per heavy atom. The highest BCUT2D eigenvalue weighted by molar-refractivity contribution is 7.93. The van der Waals surface area contributed by atoms with Crippen LogP contribution in [0.25, 0.3) is 0 Å². The Kier molecular flexibility index (Phi) is 5.67. The van der Waals surface area contributed by atoms with Gasteiger partial charge in [0.2, 0.25) is 0 Å². The summed E-state index contributed by atoms with van der Waals surface area (Å²) < 4.78 is 27.8. The molecule has 2 aromatic rings. The summed E-state index contributed by atoms with van der Waals surface area (Å²) in [5.41, 5.74) is 0.211. The molecule has 0 saturated carbocycles. The fraction of sp³-hybridized carbons (Fsp3) is 0.316. The van der Waals surface area contributed by atoms with Crippen LogP contribution in [0.3, 0.4) is 0 Å². The van der Waals surface area contributed by atoms with Crippen LogP contribution >= 0.6 is 0 Å². The van der Waals surface area contributed by atoms with E-state index in [0.29, 0.717) is 25.9 Å². The lowest BCUT2D eigenvalue weighted by molar-refractivity contribution is -0.139. The summed E-state index contributed by atoms with van der Waals surface area (Å²) in [6.07, 6.45) is 1.13. The number of aliphatic carboxylic acids is 1. The maximum absolute atomic E-state index is 13.4. The second kappa shape index (κ2) is 7.98. The number of carbonyl (C=O) groups is 1. The Bertz CT molecular complexity index is 878. The maximum atomic E-state index is 13.4. The smallest absolute Gasteiger partial charge is 0.327 e. The summed E-state index contributed by atoms with van der Waals surface area (Å²) in [7, 11) is -4.11. The molecule has 1 aliphatic heterocycles. The van der Waals surface area contributed by atoms with Gasteiger partial charge >= 0.3 is 5.97 Å². The van der Waals surface area contributed by atoms with Crippen molar-refractivity contribution in [2.45, 2.75) is 23.8 Å². The third kappa shape index (κ3) is 4.06. The van der Waals surface area contributed by atoms with Crippen molar-refractivity contribution in [1.29, 1.82) is 0 Å². The minimum atomic E-state index is -4.11. The van der Waals surface area contributed by atoms with E-state index in [0.717, 1.165) is 4.31 Å². The van der Waals surface area contributed by atoms with Crippen molar-refractivity contribution >= 4 is 21.7 Å². The van der Waals surface area contributed by atoms with E-state index >= 15 is 0 Å². The molecule has 0 amide bonds. The first kappa shape index (κ1) is 19.2. The van der Waals surface area contributed by atoms with Gasteiger partial charge in [0.25, 0.3) is 10.0 Å². The van der Waals surface area contributed by atoms with E-state index in [1.807, 2.05) is 0 Å². The minimum Gasteiger partial charge on any atom is -0.508 e. The summed E-state index contributed by atoms with van der Waals surface area (Å²) in [6, 6.07) is 12.1. The van der Waals surface area contributed by atoms with Crippen LogP contribution in [0.15, 0.2) is 59.5 Å². The van der Waals surface area contributed by atoms with Gasteiger partial charge in [0.05, 0.1) is 10.6 Å². The number of hydrogen-bond donors (Lipinski definition) is 3. The molecule has 3 N–H and O–H groups in total. The summed E-state index contributed by atoms with van der Waals surface area (Å²) in [4.78, 5) is 12.2. The Hall–Kier alpha value is -2.58. The molecular formula is C19H22N2O5S. The van der Waals surface area contributed by atoms with E-state index < -0.39 is 22.0 Å². The molecule has 0 spiro atoms. The van der Waals surface area contributed by atoms with Gasteiger partial charge in [-0.1, -0.05) is 18.2 Å². The zero-order valence-electron chi connectivity index (χ0n) is 14.7. The number of aromatic hydroxyl groups is 1. The van der Waals surface area contributed by atoms with Gasteiger partial charge in [-0.25, -0.2) is 13.2 Å². The molecular weight excluding hydrogens is 368 g/mol. The highest BCUT2D eigenvalue weighted by atomic mass is 32.2. The molecule has 7 nitrogen and oxygen atoms in total. The van der Waals surface area contributed by atoms with E-state index in [2.05, 4.69) is 5.32 Å². The molecule has 27 heavy (non-hydrogen) atoms. The van der Waals surface area contributed by atoms with Gasteiger partial charge in [-0.3, -0.25) is 4.31 Å². The monoisotopic (exact) mass is 390 g/mol. The van der Waals surface area contributed by atoms with Crippen LogP contribution in [0.2, 0.25) is 0 Å². The fourth-order valence-corrected chi connectivity index (χ4v) is 5.10. The first-order valence-corrected chi connectivity index (χ1v) is 10.2. The standard InChI is InChI=1S/C19H22N2O5S/c22-16-8-6-15(7-9-16)21(27(25,26)17-4-2-1-3-5-17)18(19(23)24)14-10-12-20-13-11-14/h1-9,14,18,20,22H,10-13H2,(H,23,24). The zero-order chi connectivity index (χ0) is 19.4. The van der Waals surface area contributed by atoms with Crippen molar-refractivity contribution < 1.29 is 23.4 Å². The average Bonchev–Trinajstić information content (AvgIpc) is 2.68. The Morgan fingerprint density at radius 2 is 1.63 bits per heavy atom. The normalized spacial score (nSPS) is 16.6. The number of phenolic OH excluding ortho intramolecular Hbond substituents is 1. The van der Waals surface area contributed by atoms with Gasteiger partial charge in [0.15, 0.2) is 0 Å². The SMILES string of the molecule is O=C(O)C(C1CCNCC1)N(c1ccc(O)cc1)S(=O)(=O)c1ccccc1. The molecule has 0 bridgehead atoms. The van der Waals surface area contributed by atoms with Gasteiger partial charge < -0.3 is 15.5 Å². The number of hydrogen-bond acceptors (Lipinski definition) is 5. The number of nitrogens with zero attached hydrogens (tertiary/aromatic N) is 1. The van der Waals surface area contributed by atoms with Crippen molar-refractivity contribution in [2.75, 3.05) is 17.4 Å². The van der Waals surface area contributed by atoms with E-state index in [-0.39, 0.29) is 22.3 Å². The number of benzene rings is 2. The van der Waals surface area contributed by atoms with Crippen LogP contribution in [-0.2, 0) is 14.8 Å². The van der Waals surface area contributed by atoms with Crippen LogP contribution in [-0.4, -0.2) is 43.7 Å². The molecule has 144 valence electrons. The van der Waals surface area contributed by atoms with Crippen LogP contribution in [0.1, 0.15) is 12.8 Å². The molecule has 1 heterocycles. The molecule has 0 radical (unpaired) electrons. The lowest BCUT2D eigenvalue weighted by Gasteiger charge is -2.36. The van der Waals surface area contributed by atoms with E-state index in [1.54, 1.807) is 18.2 Å². The summed E-state index contributed by atoms with van der Waals surface area (Å²) >= 11 is 0. The fourth-order valence-electron chi connectivity index (χ4n) is 3.41. The number of carboxylic acid groups (broad SMARTS) is 1. The molecule has 2 aromatic carbocycles. The van der Waals surface area contributed by atoms with Crippen molar-refractivity contribution in [1.82, 2.24) is 5.32 Å². The first-order valence-electron chi connectivity index (χ1n) is 8.73. The molecule has 8 heteroatoms. The zero-order valence-corrected chi connectivity index (χ0v) is 15.5. The highest BCUT2D eigenvalue weighted by Crippen LogP contribution is 2.32. The second-order valence-electron chi connectivity index (χ2n) is 6.50. The lowest BCUT2D eigenvalue weighted by atomic mass is 9.90. The topological polar surface area (TPSA) is 107 Å². The minimum absolute atomic E-state index is 0.0236. The van der Waals surface area contributed by atoms with Gasteiger partial charge in [-0.2, -0.15) is 0 Å². The number of sulfonamides is 1. The molecule has 1 atom stereocenters. The first-order chi connectivity index (χ1) is 12.9. The quantitative estimate of drug-likeness (QED) is 0.697. The summed E-state index contributed by atoms with van der Waals surface area (Å²) in [6.45, 7) is 1.28.